The van der Waals surface area contributed by atoms with Crippen LogP contribution in [0, 0.1) is 0 Å². The Morgan fingerprint density at radius 3 is 2.50 bits per heavy atom. The zero-order chi connectivity index (χ0) is 14.2. The zero-order valence-corrected chi connectivity index (χ0v) is 11.5. The van der Waals surface area contributed by atoms with Crippen molar-refractivity contribution in [3.63, 3.8) is 0 Å². The highest BCUT2D eigenvalue weighted by molar-refractivity contribution is 7.89. The third kappa shape index (κ3) is 2.10. The number of carbonyl (C=O) groups excluding carboxylic acids is 1. The molecule has 2 aromatic rings. The SMILES string of the molecule is O=C1C=CCCN1S(=O)(=O)c1ccc2ccccc2c1. The molecule has 0 spiro atoms. The van der Waals surface area contributed by atoms with Crippen LogP contribution in [0.4, 0.5) is 0 Å². The second-order valence-corrected chi connectivity index (χ2v) is 6.48. The lowest BCUT2D eigenvalue weighted by Gasteiger charge is -2.23. The Kier molecular flexibility index (Phi) is 3.06. The van der Waals surface area contributed by atoms with Gasteiger partial charge in [0.1, 0.15) is 0 Å². The fraction of sp³-hybridized carbons (Fsp3) is 0.133. The number of hydrogen-bond donors (Lipinski definition) is 0. The van der Waals surface area contributed by atoms with Crippen molar-refractivity contribution in [2.75, 3.05) is 6.54 Å². The Bertz CT molecular complexity index is 809. The molecule has 0 radical (unpaired) electrons. The van der Waals surface area contributed by atoms with E-state index in [1.807, 2.05) is 24.3 Å². The van der Waals surface area contributed by atoms with Crippen LogP contribution < -0.4 is 0 Å². The highest BCUT2D eigenvalue weighted by Gasteiger charge is 2.28. The molecule has 20 heavy (non-hydrogen) atoms. The van der Waals surface area contributed by atoms with Gasteiger partial charge in [-0.15, -0.1) is 0 Å². The van der Waals surface area contributed by atoms with Gasteiger partial charge in [0.25, 0.3) is 15.9 Å². The maximum Gasteiger partial charge on any atom is 0.266 e. The smallest absolute Gasteiger partial charge is 0.266 e. The van der Waals surface area contributed by atoms with Gasteiger partial charge in [0.2, 0.25) is 0 Å². The van der Waals surface area contributed by atoms with E-state index in [0.29, 0.717) is 6.42 Å². The Hall–Kier alpha value is -2.14. The van der Waals surface area contributed by atoms with E-state index in [1.165, 1.54) is 6.08 Å². The van der Waals surface area contributed by atoms with Crippen molar-refractivity contribution in [2.24, 2.45) is 0 Å². The van der Waals surface area contributed by atoms with Crippen molar-refractivity contribution in [3.05, 3.63) is 54.6 Å². The fourth-order valence-corrected chi connectivity index (χ4v) is 3.68. The minimum Gasteiger partial charge on any atom is -0.269 e. The summed E-state index contributed by atoms with van der Waals surface area (Å²) in [6.07, 6.45) is 3.55. The van der Waals surface area contributed by atoms with E-state index < -0.39 is 15.9 Å². The number of amides is 1. The van der Waals surface area contributed by atoms with E-state index >= 15 is 0 Å². The third-order valence-electron chi connectivity index (χ3n) is 3.31. The molecule has 0 saturated carbocycles. The van der Waals surface area contributed by atoms with Crippen molar-refractivity contribution < 1.29 is 13.2 Å². The Morgan fingerprint density at radius 2 is 1.75 bits per heavy atom. The van der Waals surface area contributed by atoms with E-state index in [1.54, 1.807) is 24.3 Å². The van der Waals surface area contributed by atoms with Gasteiger partial charge < -0.3 is 0 Å². The number of carbonyl (C=O) groups is 1. The largest absolute Gasteiger partial charge is 0.269 e. The van der Waals surface area contributed by atoms with Gasteiger partial charge >= 0.3 is 0 Å². The standard InChI is InChI=1S/C15H13NO3S/c17-15-7-3-4-10-16(15)20(18,19)14-9-8-12-5-1-2-6-13(12)11-14/h1-3,5-9,11H,4,10H2. The average Bonchev–Trinajstić information content (AvgIpc) is 2.47. The van der Waals surface area contributed by atoms with Crippen LogP contribution in [0.2, 0.25) is 0 Å². The second kappa shape index (κ2) is 4.76. The molecule has 5 heteroatoms. The average molecular weight is 287 g/mol. The first-order valence-electron chi connectivity index (χ1n) is 6.31. The van der Waals surface area contributed by atoms with Crippen LogP contribution >= 0.6 is 0 Å². The molecule has 0 N–H and O–H groups in total. The summed E-state index contributed by atoms with van der Waals surface area (Å²) in [5.74, 6) is -0.482. The van der Waals surface area contributed by atoms with Gasteiger partial charge in [-0.2, -0.15) is 0 Å². The predicted octanol–water partition coefficient (Wildman–Crippen LogP) is 2.32. The number of hydrogen-bond acceptors (Lipinski definition) is 3. The molecule has 1 aliphatic rings. The van der Waals surface area contributed by atoms with Crippen molar-refractivity contribution in [1.82, 2.24) is 4.31 Å². The summed E-state index contributed by atoms with van der Waals surface area (Å²) in [7, 11) is -3.77. The van der Waals surface area contributed by atoms with Crippen LogP contribution in [-0.2, 0) is 14.8 Å². The van der Waals surface area contributed by atoms with Gasteiger partial charge in [-0.3, -0.25) is 4.79 Å². The number of fused-ring (bicyclic) bond motifs is 1. The van der Waals surface area contributed by atoms with Crippen LogP contribution in [0.5, 0.6) is 0 Å². The summed E-state index contributed by atoms with van der Waals surface area (Å²) < 4.78 is 26.0. The molecule has 3 rings (SSSR count). The monoisotopic (exact) mass is 287 g/mol. The molecule has 1 heterocycles. The van der Waals surface area contributed by atoms with Crippen molar-refractivity contribution in [2.45, 2.75) is 11.3 Å². The first-order valence-corrected chi connectivity index (χ1v) is 7.75. The molecule has 1 amide bonds. The summed E-state index contributed by atoms with van der Waals surface area (Å²) >= 11 is 0. The lowest BCUT2D eigenvalue weighted by molar-refractivity contribution is -0.121. The van der Waals surface area contributed by atoms with Crippen LogP contribution in [0.15, 0.2) is 59.5 Å². The highest BCUT2D eigenvalue weighted by atomic mass is 32.2. The molecule has 0 bridgehead atoms. The summed E-state index contributed by atoms with van der Waals surface area (Å²) in [6, 6.07) is 12.4. The third-order valence-corrected chi connectivity index (χ3v) is 5.11. The van der Waals surface area contributed by atoms with Crippen LogP contribution in [0.3, 0.4) is 0 Å². The summed E-state index contributed by atoms with van der Waals surface area (Å²) in [4.78, 5) is 11.9. The van der Waals surface area contributed by atoms with Gasteiger partial charge in [-0.25, -0.2) is 12.7 Å². The molecule has 102 valence electrons. The lowest BCUT2D eigenvalue weighted by atomic mass is 10.1. The number of benzene rings is 2. The molecule has 0 fully saturated rings. The van der Waals surface area contributed by atoms with Crippen molar-refractivity contribution in [1.29, 1.82) is 0 Å². The van der Waals surface area contributed by atoms with Crippen LogP contribution in [-0.4, -0.2) is 25.2 Å². The molecule has 0 unspecified atom stereocenters. The van der Waals surface area contributed by atoms with E-state index in [4.69, 9.17) is 0 Å². The Morgan fingerprint density at radius 1 is 1.00 bits per heavy atom. The quantitative estimate of drug-likeness (QED) is 0.851. The maximum atomic E-state index is 12.5. The van der Waals surface area contributed by atoms with Gasteiger partial charge in [-0.1, -0.05) is 36.4 Å². The minimum atomic E-state index is -3.77. The maximum absolute atomic E-state index is 12.5. The van der Waals surface area contributed by atoms with Gasteiger partial charge in [0.05, 0.1) is 4.90 Å². The van der Waals surface area contributed by atoms with Crippen LogP contribution in [0.25, 0.3) is 10.8 Å². The molecule has 4 nitrogen and oxygen atoms in total. The Labute approximate surface area is 117 Å². The minimum absolute atomic E-state index is 0.153. The molecule has 0 atom stereocenters. The van der Waals surface area contributed by atoms with E-state index in [-0.39, 0.29) is 11.4 Å². The number of nitrogens with zero attached hydrogens (tertiary/aromatic N) is 1. The fourth-order valence-electron chi connectivity index (χ4n) is 2.26. The second-order valence-electron chi connectivity index (χ2n) is 4.62. The number of rotatable bonds is 2. The van der Waals surface area contributed by atoms with Crippen molar-refractivity contribution >= 4 is 26.7 Å². The normalized spacial score (nSPS) is 15.8. The van der Waals surface area contributed by atoms with Gasteiger partial charge in [-0.05, 0) is 29.3 Å². The molecule has 0 saturated heterocycles. The topological polar surface area (TPSA) is 54.5 Å². The highest BCUT2D eigenvalue weighted by Crippen LogP contribution is 2.23. The molecular weight excluding hydrogens is 274 g/mol. The molecule has 2 aromatic carbocycles. The number of sulfonamides is 1. The zero-order valence-electron chi connectivity index (χ0n) is 10.7. The van der Waals surface area contributed by atoms with E-state index in [2.05, 4.69) is 0 Å². The van der Waals surface area contributed by atoms with Crippen LogP contribution in [0.1, 0.15) is 6.42 Å². The Balaban J connectivity index is 2.09. The summed E-state index contributed by atoms with van der Waals surface area (Å²) in [5, 5.41) is 1.81. The summed E-state index contributed by atoms with van der Waals surface area (Å²) in [6.45, 7) is 0.199. The molecular formula is C15H13NO3S. The van der Waals surface area contributed by atoms with E-state index in [0.717, 1.165) is 15.1 Å². The first kappa shape index (κ1) is 12.9. The predicted molar refractivity (Wildman–Crippen MR) is 76.6 cm³/mol. The van der Waals surface area contributed by atoms with Gasteiger partial charge in [0.15, 0.2) is 0 Å². The van der Waals surface area contributed by atoms with Crippen molar-refractivity contribution in [3.8, 4) is 0 Å². The molecule has 0 aliphatic carbocycles. The summed E-state index contributed by atoms with van der Waals surface area (Å²) in [5.41, 5.74) is 0. The lowest BCUT2D eigenvalue weighted by Crippen LogP contribution is -2.38. The van der Waals surface area contributed by atoms with E-state index in [9.17, 15) is 13.2 Å². The molecule has 1 aliphatic heterocycles. The molecule has 0 aromatic heterocycles. The van der Waals surface area contributed by atoms with Gasteiger partial charge in [0, 0.05) is 12.6 Å². The first-order chi connectivity index (χ1) is 9.59.